The van der Waals surface area contributed by atoms with E-state index in [1.165, 1.54) is 6.07 Å². The van der Waals surface area contributed by atoms with Crippen molar-refractivity contribution in [3.8, 4) is 0 Å². The van der Waals surface area contributed by atoms with Crippen LogP contribution >= 0.6 is 0 Å². The largest absolute Gasteiger partial charge is 0.366 e. The lowest BCUT2D eigenvalue weighted by Crippen LogP contribution is -2.49. The number of hydrogen-bond acceptors (Lipinski definition) is 3. The van der Waals surface area contributed by atoms with Crippen LogP contribution in [0.2, 0.25) is 0 Å². The molecule has 2 heterocycles. The molecule has 2 aliphatic rings. The lowest BCUT2D eigenvalue weighted by molar-refractivity contribution is -0.138. The second-order valence-corrected chi connectivity index (χ2v) is 8.06. The molecule has 0 N–H and O–H groups in total. The molecule has 1 aromatic rings. The Bertz CT molecular complexity index is 663. The van der Waals surface area contributed by atoms with E-state index in [0.29, 0.717) is 43.7 Å². The smallest absolute Gasteiger partial charge is 0.223 e. The Labute approximate surface area is 161 Å². The van der Waals surface area contributed by atoms with Gasteiger partial charge in [0.1, 0.15) is 5.82 Å². The number of halogens is 1. The number of para-hydroxylation sites is 1. The highest BCUT2D eigenvalue weighted by molar-refractivity contribution is 5.84. The van der Waals surface area contributed by atoms with Gasteiger partial charge in [-0.05, 0) is 30.4 Å². The molecule has 0 aliphatic carbocycles. The number of carbonyl (C=O) groups excluding carboxylic acids is 2. The molecule has 2 aliphatic heterocycles. The summed E-state index contributed by atoms with van der Waals surface area (Å²) in [5.41, 5.74) is 0.591. The van der Waals surface area contributed by atoms with Gasteiger partial charge in [-0.1, -0.05) is 26.0 Å². The quantitative estimate of drug-likeness (QED) is 0.813. The number of hydrogen-bond donors (Lipinski definition) is 0. The minimum atomic E-state index is -0.229. The number of rotatable bonds is 4. The van der Waals surface area contributed by atoms with Gasteiger partial charge in [-0.15, -0.1) is 0 Å². The van der Waals surface area contributed by atoms with Crippen LogP contribution in [0.15, 0.2) is 24.3 Å². The Morgan fingerprint density at radius 2 is 1.48 bits per heavy atom. The predicted octanol–water partition coefficient (Wildman–Crippen LogP) is 2.76. The summed E-state index contributed by atoms with van der Waals surface area (Å²) < 4.78 is 13.9. The summed E-state index contributed by atoms with van der Waals surface area (Å²) in [5.74, 6) is 0.939. The molecule has 0 radical (unpaired) electrons. The van der Waals surface area contributed by atoms with Gasteiger partial charge in [0.2, 0.25) is 11.8 Å². The van der Waals surface area contributed by atoms with Crippen LogP contribution in [-0.2, 0) is 9.59 Å². The molecule has 27 heavy (non-hydrogen) atoms. The highest BCUT2D eigenvalue weighted by atomic mass is 19.1. The first-order valence-electron chi connectivity index (χ1n) is 9.99. The summed E-state index contributed by atoms with van der Waals surface area (Å²) in [6.45, 7) is 8.32. The average Bonchev–Trinajstić information content (AvgIpc) is 2.65. The van der Waals surface area contributed by atoms with Gasteiger partial charge >= 0.3 is 0 Å². The molecule has 2 amide bonds. The van der Waals surface area contributed by atoms with Crippen LogP contribution in [0.3, 0.4) is 0 Å². The topological polar surface area (TPSA) is 43.9 Å². The van der Waals surface area contributed by atoms with E-state index >= 15 is 0 Å². The number of piperazine rings is 1. The first-order valence-corrected chi connectivity index (χ1v) is 9.99. The van der Waals surface area contributed by atoms with Gasteiger partial charge in [0.15, 0.2) is 0 Å². The third-order valence-electron chi connectivity index (χ3n) is 5.60. The molecule has 1 aromatic carbocycles. The highest BCUT2D eigenvalue weighted by Crippen LogP contribution is 2.22. The van der Waals surface area contributed by atoms with Crippen LogP contribution in [-0.4, -0.2) is 60.9 Å². The van der Waals surface area contributed by atoms with E-state index in [-0.39, 0.29) is 30.5 Å². The zero-order valence-corrected chi connectivity index (χ0v) is 16.4. The van der Waals surface area contributed by atoms with Gasteiger partial charge in [0, 0.05) is 52.1 Å². The van der Waals surface area contributed by atoms with Crippen molar-refractivity contribution in [3.63, 3.8) is 0 Å². The number of benzene rings is 1. The van der Waals surface area contributed by atoms with Gasteiger partial charge in [-0.3, -0.25) is 9.59 Å². The second-order valence-electron chi connectivity index (χ2n) is 8.06. The molecule has 0 aromatic heterocycles. The molecule has 2 fully saturated rings. The standard InChI is InChI=1S/C21H30FN3O2/c1-16-13-17(2)15-25(14-16)21(27)8-7-20(26)24-11-9-23(10-12-24)19-6-4-3-5-18(19)22/h3-6,16-17H,7-15H2,1-2H3/t16-,17-/m0/s1. The third kappa shape index (κ3) is 4.99. The molecule has 2 atom stereocenters. The number of piperidine rings is 1. The zero-order chi connectivity index (χ0) is 19.4. The van der Waals surface area contributed by atoms with E-state index < -0.39 is 0 Å². The molecular weight excluding hydrogens is 345 g/mol. The van der Waals surface area contributed by atoms with Gasteiger partial charge in [-0.2, -0.15) is 0 Å². The highest BCUT2D eigenvalue weighted by Gasteiger charge is 2.27. The molecule has 5 nitrogen and oxygen atoms in total. The average molecular weight is 375 g/mol. The first kappa shape index (κ1) is 19.6. The molecule has 0 bridgehead atoms. The molecular formula is C21H30FN3O2. The molecule has 0 unspecified atom stereocenters. The van der Waals surface area contributed by atoms with E-state index in [4.69, 9.17) is 0 Å². The Morgan fingerprint density at radius 3 is 2.07 bits per heavy atom. The summed E-state index contributed by atoms with van der Waals surface area (Å²) in [6, 6.07) is 6.73. The lowest BCUT2D eigenvalue weighted by atomic mass is 9.91. The SMILES string of the molecule is C[C@H]1C[C@H](C)CN(C(=O)CCC(=O)N2CCN(c3ccccc3F)CC2)C1. The summed E-state index contributed by atoms with van der Waals surface area (Å²) >= 11 is 0. The van der Waals surface area contributed by atoms with Crippen LogP contribution in [0.1, 0.15) is 33.1 Å². The van der Waals surface area contributed by atoms with Crippen molar-refractivity contribution < 1.29 is 14.0 Å². The molecule has 6 heteroatoms. The monoisotopic (exact) mass is 375 g/mol. The predicted molar refractivity (Wildman–Crippen MR) is 104 cm³/mol. The van der Waals surface area contributed by atoms with Crippen molar-refractivity contribution in [3.05, 3.63) is 30.1 Å². The minimum Gasteiger partial charge on any atom is -0.366 e. The Balaban J connectivity index is 1.44. The van der Waals surface area contributed by atoms with Crippen molar-refractivity contribution in [2.75, 3.05) is 44.2 Å². The summed E-state index contributed by atoms with van der Waals surface area (Å²) in [4.78, 5) is 30.6. The molecule has 2 saturated heterocycles. The fraction of sp³-hybridized carbons (Fsp3) is 0.619. The maximum atomic E-state index is 13.9. The van der Waals surface area contributed by atoms with Crippen LogP contribution in [0, 0.1) is 17.7 Å². The summed E-state index contributed by atoms with van der Waals surface area (Å²) in [6.07, 6.45) is 1.71. The molecule has 148 valence electrons. The van der Waals surface area contributed by atoms with E-state index in [9.17, 15) is 14.0 Å². The van der Waals surface area contributed by atoms with Crippen LogP contribution in [0.4, 0.5) is 10.1 Å². The van der Waals surface area contributed by atoms with Crippen molar-refractivity contribution in [1.82, 2.24) is 9.80 Å². The minimum absolute atomic E-state index is 0.0228. The van der Waals surface area contributed by atoms with Crippen molar-refractivity contribution in [1.29, 1.82) is 0 Å². The van der Waals surface area contributed by atoms with Crippen molar-refractivity contribution in [2.45, 2.75) is 33.1 Å². The number of likely N-dealkylation sites (tertiary alicyclic amines) is 1. The van der Waals surface area contributed by atoms with Gasteiger partial charge in [0.25, 0.3) is 0 Å². The second kappa shape index (κ2) is 8.72. The van der Waals surface area contributed by atoms with Crippen molar-refractivity contribution in [2.24, 2.45) is 11.8 Å². The molecule has 0 spiro atoms. The fourth-order valence-electron chi connectivity index (χ4n) is 4.30. The van der Waals surface area contributed by atoms with Gasteiger partial charge in [-0.25, -0.2) is 4.39 Å². The lowest BCUT2D eigenvalue weighted by Gasteiger charge is -2.37. The summed E-state index contributed by atoms with van der Waals surface area (Å²) in [5, 5.41) is 0. The number of carbonyl (C=O) groups is 2. The Kier molecular flexibility index (Phi) is 6.34. The van der Waals surface area contributed by atoms with Crippen LogP contribution in [0.5, 0.6) is 0 Å². The van der Waals surface area contributed by atoms with E-state index in [2.05, 4.69) is 13.8 Å². The maximum absolute atomic E-state index is 13.9. The van der Waals surface area contributed by atoms with E-state index in [1.807, 2.05) is 15.9 Å². The third-order valence-corrected chi connectivity index (χ3v) is 5.60. The van der Waals surface area contributed by atoms with Gasteiger partial charge in [0.05, 0.1) is 5.69 Å². The zero-order valence-electron chi connectivity index (χ0n) is 16.4. The summed E-state index contributed by atoms with van der Waals surface area (Å²) in [7, 11) is 0. The Morgan fingerprint density at radius 1 is 0.926 bits per heavy atom. The number of anilines is 1. The van der Waals surface area contributed by atoms with E-state index in [1.54, 1.807) is 17.0 Å². The van der Waals surface area contributed by atoms with Crippen LogP contribution in [0.25, 0.3) is 0 Å². The number of nitrogens with zero attached hydrogens (tertiary/aromatic N) is 3. The van der Waals surface area contributed by atoms with Crippen LogP contribution < -0.4 is 4.90 Å². The van der Waals surface area contributed by atoms with Crippen molar-refractivity contribution >= 4 is 17.5 Å². The Hall–Kier alpha value is -2.11. The molecule has 3 rings (SSSR count). The molecule has 0 saturated carbocycles. The maximum Gasteiger partial charge on any atom is 0.223 e. The number of amides is 2. The van der Waals surface area contributed by atoms with E-state index in [0.717, 1.165) is 19.5 Å². The first-order chi connectivity index (χ1) is 12.9. The van der Waals surface area contributed by atoms with Gasteiger partial charge < -0.3 is 14.7 Å². The normalized spacial score (nSPS) is 23.4. The fourth-order valence-corrected chi connectivity index (χ4v) is 4.30.